The van der Waals surface area contributed by atoms with E-state index in [-0.39, 0.29) is 18.5 Å². The highest BCUT2D eigenvalue weighted by Gasteiger charge is 2.30. The Hall–Kier alpha value is -1.81. The van der Waals surface area contributed by atoms with E-state index in [1.807, 2.05) is 13.8 Å². The topological polar surface area (TPSA) is 86.8 Å². The van der Waals surface area contributed by atoms with Crippen LogP contribution in [-0.2, 0) is 26.2 Å². The van der Waals surface area contributed by atoms with Crippen LogP contribution in [0, 0.1) is 0 Å². The molecule has 0 bridgehead atoms. The van der Waals surface area contributed by atoms with Gasteiger partial charge in [0.05, 0.1) is 11.9 Å². The zero-order chi connectivity index (χ0) is 25.6. The minimum atomic E-state index is -3.80. The summed E-state index contributed by atoms with van der Waals surface area (Å²) in [4.78, 5) is 27.7. The fraction of sp³-hybridized carbons (Fsp3) is 0.391. The second-order valence-corrected chi connectivity index (χ2v) is 11.7. The SMILES string of the molecule is CC[C@@H](C)NC(=O)[C@@H](C)N(Cc1ccc(Cl)cc1Cl)C(=O)CN(c1cccc(Br)c1)S(C)(=O)=O. The van der Waals surface area contributed by atoms with E-state index < -0.39 is 28.5 Å². The molecule has 2 aromatic rings. The van der Waals surface area contributed by atoms with Crippen LogP contribution in [0.4, 0.5) is 5.69 Å². The highest BCUT2D eigenvalue weighted by molar-refractivity contribution is 9.10. The van der Waals surface area contributed by atoms with Crippen LogP contribution in [0.1, 0.15) is 32.8 Å². The van der Waals surface area contributed by atoms with Gasteiger partial charge in [-0.25, -0.2) is 8.42 Å². The van der Waals surface area contributed by atoms with Gasteiger partial charge in [0.1, 0.15) is 12.6 Å². The average molecular weight is 593 g/mol. The van der Waals surface area contributed by atoms with Gasteiger partial charge < -0.3 is 10.2 Å². The summed E-state index contributed by atoms with van der Waals surface area (Å²) in [6, 6.07) is 10.5. The van der Waals surface area contributed by atoms with Crippen LogP contribution in [-0.4, -0.2) is 50.0 Å². The van der Waals surface area contributed by atoms with Crippen LogP contribution in [0.25, 0.3) is 0 Å². The maximum atomic E-state index is 13.5. The van der Waals surface area contributed by atoms with Gasteiger partial charge in [0.25, 0.3) is 0 Å². The molecule has 0 aliphatic rings. The van der Waals surface area contributed by atoms with E-state index in [0.717, 1.165) is 17.0 Å². The van der Waals surface area contributed by atoms with Crippen LogP contribution in [0.3, 0.4) is 0 Å². The number of hydrogen-bond acceptors (Lipinski definition) is 4. The highest BCUT2D eigenvalue weighted by atomic mass is 79.9. The first-order chi connectivity index (χ1) is 15.8. The van der Waals surface area contributed by atoms with Crippen LogP contribution >= 0.6 is 39.1 Å². The molecule has 2 atom stereocenters. The van der Waals surface area contributed by atoms with Crippen molar-refractivity contribution in [1.29, 1.82) is 0 Å². The number of sulfonamides is 1. The maximum absolute atomic E-state index is 13.5. The van der Waals surface area contributed by atoms with Gasteiger partial charge in [-0.15, -0.1) is 0 Å². The highest BCUT2D eigenvalue weighted by Crippen LogP contribution is 2.25. The van der Waals surface area contributed by atoms with Gasteiger partial charge in [-0.1, -0.05) is 58.2 Å². The Balaban J connectivity index is 2.42. The molecule has 2 amide bonds. The van der Waals surface area contributed by atoms with E-state index in [0.29, 0.717) is 25.8 Å². The van der Waals surface area contributed by atoms with E-state index in [4.69, 9.17) is 23.2 Å². The number of benzene rings is 2. The number of amides is 2. The van der Waals surface area contributed by atoms with Gasteiger partial charge in [0.15, 0.2) is 0 Å². The molecule has 0 radical (unpaired) electrons. The quantitative estimate of drug-likeness (QED) is 0.427. The summed E-state index contributed by atoms with van der Waals surface area (Å²) >= 11 is 15.6. The Kier molecular flexibility index (Phi) is 10.2. The number of anilines is 1. The fourth-order valence-corrected chi connectivity index (χ4v) is 4.82. The van der Waals surface area contributed by atoms with Gasteiger partial charge in [0.2, 0.25) is 21.8 Å². The molecule has 0 unspecified atom stereocenters. The molecule has 0 aliphatic heterocycles. The minimum absolute atomic E-state index is 0.0000141. The molecule has 34 heavy (non-hydrogen) atoms. The molecule has 11 heteroatoms. The molecule has 2 aromatic carbocycles. The molecule has 0 saturated heterocycles. The first kappa shape index (κ1) is 28.4. The maximum Gasteiger partial charge on any atom is 0.244 e. The van der Waals surface area contributed by atoms with Crippen LogP contribution in [0.2, 0.25) is 10.0 Å². The van der Waals surface area contributed by atoms with Crippen LogP contribution in [0.15, 0.2) is 46.9 Å². The van der Waals surface area contributed by atoms with Crippen molar-refractivity contribution in [2.45, 2.75) is 45.8 Å². The predicted molar refractivity (Wildman–Crippen MR) is 141 cm³/mol. The molecule has 0 aliphatic carbocycles. The largest absolute Gasteiger partial charge is 0.352 e. The van der Waals surface area contributed by atoms with Gasteiger partial charge in [-0.3, -0.25) is 13.9 Å². The Morgan fingerprint density at radius 2 is 1.79 bits per heavy atom. The Bertz CT molecular complexity index is 1150. The molecule has 0 fully saturated rings. The molecule has 186 valence electrons. The number of carbonyl (C=O) groups excluding carboxylic acids is 2. The van der Waals surface area contributed by atoms with Crippen molar-refractivity contribution >= 4 is 66.7 Å². The van der Waals surface area contributed by atoms with Crippen LogP contribution in [0.5, 0.6) is 0 Å². The number of rotatable bonds is 10. The lowest BCUT2D eigenvalue weighted by molar-refractivity contribution is -0.139. The second-order valence-electron chi connectivity index (χ2n) is 8.00. The van der Waals surface area contributed by atoms with Crippen molar-refractivity contribution < 1.29 is 18.0 Å². The first-order valence-electron chi connectivity index (χ1n) is 10.6. The van der Waals surface area contributed by atoms with E-state index in [1.165, 1.54) is 4.90 Å². The summed E-state index contributed by atoms with van der Waals surface area (Å²) in [6.45, 7) is 4.92. The molecule has 7 nitrogen and oxygen atoms in total. The third-order valence-corrected chi connectivity index (χ3v) is 7.52. The number of nitrogens with one attached hydrogen (secondary N) is 1. The molecule has 0 saturated carbocycles. The predicted octanol–water partition coefficient (Wildman–Crippen LogP) is 4.85. The average Bonchev–Trinajstić information content (AvgIpc) is 2.75. The zero-order valence-corrected chi connectivity index (χ0v) is 23.3. The van der Waals surface area contributed by atoms with Gasteiger partial charge in [0, 0.05) is 27.1 Å². The molecule has 0 heterocycles. The standard InChI is InChI=1S/C23H28BrCl2N3O4S/c1-5-15(2)27-23(31)16(3)28(13-17-9-10-19(25)12-21(17)26)22(30)14-29(34(4,32)33)20-8-6-7-18(24)11-20/h6-12,15-16H,5,13-14H2,1-4H3,(H,27,31)/t15-,16-/m1/s1. The summed E-state index contributed by atoms with van der Waals surface area (Å²) in [7, 11) is -3.80. The van der Waals surface area contributed by atoms with Gasteiger partial charge in [-0.2, -0.15) is 0 Å². The fourth-order valence-electron chi connectivity index (χ4n) is 3.13. The smallest absolute Gasteiger partial charge is 0.244 e. The minimum Gasteiger partial charge on any atom is -0.352 e. The monoisotopic (exact) mass is 591 g/mol. The molecule has 0 spiro atoms. The molecular formula is C23H28BrCl2N3O4S. The van der Waals surface area contributed by atoms with Crippen LogP contribution < -0.4 is 9.62 Å². The number of halogens is 3. The second kappa shape index (κ2) is 12.2. The normalized spacial score (nSPS) is 13.1. The third kappa shape index (κ3) is 7.86. The Labute approximate surface area is 219 Å². The number of carbonyl (C=O) groups is 2. The number of nitrogens with zero attached hydrogens (tertiary/aromatic N) is 2. The van der Waals surface area contributed by atoms with E-state index in [2.05, 4.69) is 21.2 Å². The molecular weight excluding hydrogens is 565 g/mol. The van der Waals surface area contributed by atoms with E-state index in [9.17, 15) is 18.0 Å². The molecule has 1 N–H and O–H groups in total. The van der Waals surface area contributed by atoms with Crippen molar-refractivity contribution in [3.05, 3.63) is 62.5 Å². The van der Waals surface area contributed by atoms with Crippen molar-refractivity contribution in [3.8, 4) is 0 Å². The lowest BCUT2D eigenvalue weighted by Crippen LogP contribution is -2.52. The lowest BCUT2D eigenvalue weighted by atomic mass is 10.1. The summed E-state index contributed by atoms with van der Waals surface area (Å²) in [5, 5.41) is 3.65. The summed E-state index contributed by atoms with van der Waals surface area (Å²) in [5.41, 5.74) is 0.905. The van der Waals surface area contributed by atoms with E-state index >= 15 is 0 Å². The number of hydrogen-bond donors (Lipinski definition) is 1. The first-order valence-corrected chi connectivity index (χ1v) is 14.0. The summed E-state index contributed by atoms with van der Waals surface area (Å²) in [6.07, 6.45) is 1.75. The lowest BCUT2D eigenvalue weighted by Gasteiger charge is -2.32. The van der Waals surface area contributed by atoms with E-state index in [1.54, 1.807) is 49.4 Å². The van der Waals surface area contributed by atoms with Gasteiger partial charge in [-0.05, 0) is 56.2 Å². The van der Waals surface area contributed by atoms with Crippen molar-refractivity contribution in [2.75, 3.05) is 17.1 Å². The zero-order valence-electron chi connectivity index (χ0n) is 19.4. The summed E-state index contributed by atoms with van der Waals surface area (Å²) in [5.74, 6) is -0.899. The van der Waals surface area contributed by atoms with Crippen molar-refractivity contribution in [3.63, 3.8) is 0 Å². The van der Waals surface area contributed by atoms with Crippen molar-refractivity contribution in [1.82, 2.24) is 10.2 Å². The summed E-state index contributed by atoms with van der Waals surface area (Å²) < 4.78 is 26.8. The van der Waals surface area contributed by atoms with Crippen molar-refractivity contribution in [2.24, 2.45) is 0 Å². The van der Waals surface area contributed by atoms with Gasteiger partial charge >= 0.3 is 0 Å². The Morgan fingerprint density at radius 3 is 2.35 bits per heavy atom. The third-order valence-electron chi connectivity index (χ3n) is 5.30. The molecule has 0 aromatic heterocycles. The Morgan fingerprint density at radius 1 is 1.12 bits per heavy atom. The molecule has 2 rings (SSSR count).